The summed E-state index contributed by atoms with van der Waals surface area (Å²) in [5, 5.41) is 3.13. The Balaban J connectivity index is 2.34. The highest BCUT2D eigenvalue weighted by Crippen LogP contribution is 2.21. The van der Waals surface area contributed by atoms with Crippen LogP contribution in [-0.2, 0) is 6.42 Å². The molecule has 2 rings (SSSR count). The first kappa shape index (κ1) is 9.68. The molecule has 0 unspecified atom stereocenters. The number of aromatic nitrogens is 2. The summed E-state index contributed by atoms with van der Waals surface area (Å²) in [6.45, 7) is 5.27. The molecule has 0 bridgehead atoms. The van der Waals surface area contributed by atoms with Gasteiger partial charge in [0.2, 0.25) is 0 Å². The number of hydrogen-bond acceptors (Lipinski definition) is 3. The molecule has 0 fully saturated rings. The van der Waals surface area contributed by atoms with Gasteiger partial charge in [-0.25, -0.2) is 4.98 Å². The van der Waals surface area contributed by atoms with Gasteiger partial charge in [-0.1, -0.05) is 0 Å². The number of thiazole rings is 1. The molecule has 2 heterocycles. The zero-order valence-electron chi connectivity index (χ0n) is 8.79. The molecule has 4 heteroatoms. The van der Waals surface area contributed by atoms with Crippen LogP contribution < -0.4 is 5.32 Å². The average Bonchev–Trinajstić information content (AvgIpc) is 2.66. The van der Waals surface area contributed by atoms with Crippen molar-refractivity contribution in [3.05, 3.63) is 22.5 Å². The molecule has 1 N–H and O–H groups in total. The Morgan fingerprint density at radius 1 is 1.50 bits per heavy atom. The normalized spacial score (nSPS) is 11.4. The highest BCUT2D eigenvalue weighted by atomic mass is 32.1. The van der Waals surface area contributed by atoms with Gasteiger partial charge in [0.25, 0.3) is 0 Å². The fourth-order valence-corrected chi connectivity index (χ4v) is 2.45. The fourth-order valence-electron chi connectivity index (χ4n) is 1.48. The van der Waals surface area contributed by atoms with Crippen molar-refractivity contribution in [2.45, 2.75) is 20.3 Å². The van der Waals surface area contributed by atoms with E-state index in [1.165, 1.54) is 16.3 Å². The predicted molar refractivity (Wildman–Crippen MR) is 60.2 cm³/mol. The number of hydrogen-bond donors (Lipinski definition) is 1. The molecule has 0 amide bonds. The maximum absolute atomic E-state index is 4.57. The van der Waals surface area contributed by atoms with Crippen molar-refractivity contribution in [2.24, 2.45) is 0 Å². The van der Waals surface area contributed by atoms with Crippen LogP contribution in [0.3, 0.4) is 0 Å². The summed E-state index contributed by atoms with van der Waals surface area (Å²) >= 11 is 1.76. The summed E-state index contributed by atoms with van der Waals surface area (Å²) in [6, 6.07) is 0. The Labute approximate surface area is 87.8 Å². The number of rotatable bonds is 3. The standard InChI is InChI=1S/C10H15N3S/c1-7-8(2)14-10-12-9(4-5-11-3)6-13(7)10/h6,11H,4-5H2,1-3H3. The second-order valence-corrected chi connectivity index (χ2v) is 4.66. The van der Waals surface area contributed by atoms with Crippen LogP contribution in [0.25, 0.3) is 4.96 Å². The van der Waals surface area contributed by atoms with Gasteiger partial charge in [-0.15, -0.1) is 11.3 Å². The first-order chi connectivity index (χ1) is 6.72. The van der Waals surface area contributed by atoms with Crippen LogP contribution in [0.15, 0.2) is 6.20 Å². The minimum absolute atomic E-state index is 0.989. The SMILES string of the molecule is CNCCc1cn2c(C)c(C)sc2n1. The van der Waals surface area contributed by atoms with Crippen molar-refractivity contribution in [3.8, 4) is 0 Å². The molecule has 0 atom stereocenters. The van der Waals surface area contributed by atoms with Gasteiger partial charge >= 0.3 is 0 Å². The van der Waals surface area contributed by atoms with Gasteiger partial charge in [0.1, 0.15) is 0 Å². The van der Waals surface area contributed by atoms with Crippen molar-refractivity contribution < 1.29 is 0 Å². The number of fused-ring (bicyclic) bond motifs is 1. The maximum Gasteiger partial charge on any atom is 0.194 e. The first-order valence-electron chi connectivity index (χ1n) is 4.81. The van der Waals surface area contributed by atoms with E-state index >= 15 is 0 Å². The topological polar surface area (TPSA) is 29.3 Å². The summed E-state index contributed by atoms with van der Waals surface area (Å²) in [4.78, 5) is 7.04. The van der Waals surface area contributed by atoms with Gasteiger partial charge in [-0.3, -0.25) is 4.40 Å². The van der Waals surface area contributed by atoms with Gasteiger partial charge in [-0.05, 0) is 20.9 Å². The lowest BCUT2D eigenvalue weighted by atomic mass is 10.3. The smallest absolute Gasteiger partial charge is 0.194 e. The van der Waals surface area contributed by atoms with Crippen LogP contribution in [-0.4, -0.2) is 23.0 Å². The number of imidazole rings is 1. The van der Waals surface area contributed by atoms with Crippen LogP contribution in [0.1, 0.15) is 16.3 Å². The van der Waals surface area contributed by atoms with Crippen molar-refractivity contribution in [1.29, 1.82) is 0 Å². The van der Waals surface area contributed by atoms with Crippen molar-refractivity contribution in [2.75, 3.05) is 13.6 Å². The Morgan fingerprint density at radius 3 is 2.93 bits per heavy atom. The van der Waals surface area contributed by atoms with Crippen molar-refractivity contribution >= 4 is 16.3 Å². The average molecular weight is 209 g/mol. The number of nitrogens with one attached hydrogen (secondary N) is 1. The van der Waals surface area contributed by atoms with Gasteiger partial charge < -0.3 is 5.32 Å². The van der Waals surface area contributed by atoms with Gasteiger partial charge in [0.15, 0.2) is 4.96 Å². The number of aryl methyl sites for hydroxylation is 2. The lowest BCUT2D eigenvalue weighted by Crippen LogP contribution is -2.10. The lowest BCUT2D eigenvalue weighted by Gasteiger charge is -1.93. The molecule has 0 aliphatic carbocycles. The van der Waals surface area contributed by atoms with Gasteiger partial charge in [-0.2, -0.15) is 0 Å². The zero-order valence-corrected chi connectivity index (χ0v) is 9.61. The highest BCUT2D eigenvalue weighted by molar-refractivity contribution is 7.17. The Kier molecular flexibility index (Phi) is 2.56. The predicted octanol–water partition coefficient (Wildman–Crippen LogP) is 1.77. The first-order valence-corrected chi connectivity index (χ1v) is 5.62. The van der Waals surface area contributed by atoms with Crippen LogP contribution in [0, 0.1) is 13.8 Å². The minimum atomic E-state index is 0.989. The molecule has 0 spiro atoms. The number of likely N-dealkylation sites (N-methyl/N-ethyl adjacent to an activating group) is 1. The quantitative estimate of drug-likeness (QED) is 0.835. The molecular weight excluding hydrogens is 194 g/mol. The molecular formula is C10H15N3S. The molecule has 2 aromatic heterocycles. The van der Waals surface area contributed by atoms with Crippen molar-refractivity contribution in [1.82, 2.24) is 14.7 Å². The third kappa shape index (κ3) is 1.55. The number of nitrogens with zero attached hydrogens (tertiary/aromatic N) is 2. The molecule has 0 radical (unpaired) electrons. The van der Waals surface area contributed by atoms with Crippen LogP contribution in [0.4, 0.5) is 0 Å². The van der Waals surface area contributed by atoms with E-state index in [9.17, 15) is 0 Å². The van der Waals surface area contributed by atoms with E-state index in [0.29, 0.717) is 0 Å². The Morgan fingerprint density at radius 2 is 2.29 bits per heavy atom. The van der Waals surface area contributed by atoms with E-state index in [4.69, 9.17) is 0 Å². The molecule has 0 aliphatic rings. The van der Waals surface area contributed by atoms with Crippen LogP contribution >= 0.6 is 11.3 Å². The molecule has 0 saturated carbocycles. The van der Waals surface area contributed by atoms with E-state index in [2.05, 4.69) is 34.7 Å². The molecule has 14 heavy (non-hydrogen) atoms. The molecule has 0 aromatic carbocycles. The largest absolute Gasteiger partial charge is 0.319 e. The summed E-state index contributed by atoms with van der Waals surface area (Å²) in [6.07, 6.45) is 3.15. The Bertz CT molecular complexity index is 441. The molecule has 3 nitrogen and oxygen atoms in total. The third-order valence-corrected chi connectivity index (χ3v) is 3.54. The zero-order chi connectivity index (χ0) is 10.1. The van der Waals surface area contributed by atoms with E-state index in [1.54, 1.807) is 11.3 Å². The van der Waals surface area contributed by atoms with Crippen LogP contribution in [0.5, 0.6) is 0 Å². The molecule has 0 aliphatic heterocycles. The molecule has 0 saturated heterocycles. The second-order valence-electron chi connectivity index (χ2n) is 3.48. The Hall–Kier alpha value is -0.870. The lowest BCUT2D eigenvalue weighted by molar-refractivity contribution is 0.780. The second kappa shape index (κ2) is 3.71. The summed E-state index contributed by atoms with van der Waals surface area (Å²) < 4.78 is 2.19. The summed E-state index contributed by atoms with van der Waals surface area (Å²) in [7, 11) is 1.97. The van der Waals surface area contributed by atoms with E-state index in [0.717, 1.165) is 17.9 Å². The van der Waals surface area contributed by atoms with Gasteiger partial charge in [0, 0.05) is 29.7 Å². The van der Waals surface area contributed by atoms with Crippen LogP contribution in [0.2, 0.25) is 0 Å². The van der Waals surface area contributed by atoms with E-state index < -0.39 is 0 Å². The summed E-state index contributed by atoms with van der Waals surface area (Å²) in [5.74, 6) is 0. The third-order valence-electron chi connectivity index (χ3n) is 2.47. The minimum Gasteiger partial charge on any atom is -0.319 e. The molecule has 76 valence electrons. The summed E-state index contributed by atoms with van der Waals surface area (Å²) in [5.41, 5.74) is 2.49. The van der Waals surface area contributed by atoms with E-state index in [-0.39, 0.29) is 0 Å². The fraction of sp³-hybridized carbons (Fsp3) is 0.500. The molecule has 2 aromatic rings. The highest BCUT2D eigenvalue weighted by Gasteiger charge is 2.07. The maximum atomic E-state index is 4.57. The van der Waals surface area contributed by atoms with Crippen molar-refractivity contribution in [3.63, 3.8) is 0 Å². The van der Waals surface area contributed by atoms with Gasteiger partial charge in [0.05, 0.1) is 5.69 Å². The monoisotopic (exact) mass is 209 g/mol. The van der Waals surface area contributed by atoms with E-state index in [1.807, 2.05) is 7.05 Å².